The molecule has 5 heteroatoms. The van der Waals surface area contributed by atoms with Gasteiger partial charge in [-0.2, -0.15) is 0 Å². The zero-order chi connectivity index (χ0) is 31.4. The molecule has 0 spiro atoms. The van der Waals surface area contributed by atoms with Gasteiger partial charge in [0.1, 0.15) is 11.5 Å². The van der Waals surface area contributed by atoms with Crippen molar-refractivity contribution in [3.63, 3.8) is 0 Å². The summed E-state index contributed by atoms with van der Waals surface area (Å²) in [7, 11) is 3.51. The first kappa shape index (κ1) is 36.2. The molecule has 4 atom stereocenters. The summed E-state index contributed by atoms with van der Waals surface area (Å²) in [4.78, 5) is 0. The Labute approximate surface area is 279 Å². The first-order valence-electron chi connectivity index (χ1n) is 18.4. The zero-order valence-electron chi connectivity index (χ0n) is 28.5. The Bertz CT molecular complexity index is 916. The van der Waals surface area contributed by atoms with Crippen molar-refractivity contribution < 1.29 is 18.9 Å². The molecule has 0 radical (unpaired) electrons. The van der Waals surface area contributed by atoms with Gasteiger partial charge in [-0.1, -0.05) is 88.5 Å². The lowest BCUT2D eigenvalue weighted by molar-refractivity contribution is 0.00964. The molecular weight excluding hydrogens is 577 g/mol. The molecule has 4 unspecified atom stereocenters. The molecule has 0 N–H and O–H groups in total. The Kier molecular flexibility index (Phi) is 17.7. The summed E-state index contributed by atoms with van der Waals surface area (Å²) in [5.41, 5.74) is 2.86. The molecule has 4 rings (SSSR count). The summed E-state index contributed by atoms with van der Waals surface area (Å²) < 4.78 is 22.9. The van der Waals surface area contributed by atoms with Crippen molar-refractivity contribution in [1.29, 1.82) is 0 Å². The third kappa shape index (κ3) is 13.9. The van der Waals surface area contributed by atoms with Gasteiger partial charge in [-0.3, -0.25) is 0 Å². The van der Waals surface area contributed by atoms with Crippen LogP contribution < -0.4 is 9.47 Å². The lowest BCUT2D eigenvalue weighted by Crippen LogP contribution is -2.18. The number of ether oxygens (including phenoxy) is 4. The average Bonchev–Trinajstić information content (AvgIpc) is 3.10. The maximum atomic E-state index is 5.94. The molecule has 2 saturated heterocycles. The van der Waals surface area contributed by atoms with Crippen molar-refractivity contribution >= 4 is 11.8 Å². The molecule has 45 heavy (non-hydrogen) atoms. The van der Waals surface area contributed by atoms with Crippen molar-refractivity contribution in [3.8, 4) is 11.5 Å². The summed E-state index contributed by atoms with van der Waals surface area (Å²) in [6.45, 7) is 1.95. The lowest BCUT2D eigenvalue weighted by Gasteiger charge is -2.25. The van der Waals surface area contributed by atoms with Gasteiger partial charge < -0.3 is 18.9 Å². The van der Waals surface area contributed by atoms with E-state index in [1.807, 2.05) is 0 Å². The van der Waals surface area contributed by atoms with Crippen LogP contribution in [0.15, 0.2) is 48.5 Å². The highest BCUT2D eigenvalue weighted by molar-refractivity contribution is 7.99. The van der Waals surface area contributed by atoms with Crippen molar-refractivity contribution in [2.24, 2.45) is 0 Å². The van der Waals surface area contributed by atoms with E-state index < -0.39 is 0 Å². The monoisotopic (exact) mass is 638 g/mol. The Morgan fingerprint density at radius 2 is 0.956 bits per heavy atom. The van der Waals surface area contributed by atoms with Crippen LogP contribution >= 0.6 is 11.8 Å². The van der Waals surface area contributed by atoms with E-state index in [1.165, 1.54) is 140 Å². The maximum Gasteiger partial charge on any atom is 0.118 e. The van der Waals surface area contributed by atoms with Gasteiger partial charge in [0.15, 0.2) is 0 Å². The molecule has 252 valence electrons. The van der Waals surface area contributed by atoms with Gasteiger partial charge in [0.2, 0.25) is 0 Å². The fraction of sp³-hybridized carbons (Fsp3) is 0.700. The molecular formula is C40H62O4S. The lowest BCUT2D eigenvalue weighted by atomic mass is 10.0. The van der Waals surface area contributed by atoms with E-state index in [1.54, 1.807) is 14.2 Å². The van der Waals surface area contributed by atoms with E-state index in [9.17, 15) is 0 Å². The van der Waals surface area contributed by atoms with Crippen LogP contribution in [-0.4, -0.2) is 39.6 Å². The van der Waals surface area contributed by atoms with Gasteiger partial charge in [0, 0.05) is 23.7 Å². The van der Waals surface area contributed by atoms with Gasteiger partial charge in [-0.05, 0) is 99.6 Å². The third-order valence-corrected chi connectivity index (χ3v) is 11.5. The Morgan fingerprint density at radius 1 is 0.556 bits per heavy atom. The van der Waals surface area contributed by atoms with E-state index >= 15 is 0 Å². The quantitative estimate of drug-likeness (QED) is 0.120. The second-order valence-corrected chi connectivity index (χ2v) is 14.7. The van der Waals surface area contributed by atoms with Crippen LogP contribution in [0.5, 0.6) is 11.5 Å². The highest BCUT2D eigenvalue weighted by Crippen LogP contribution is 2.46. The molecule has 2 fully saturated rings. The zero-order valence-corrected chi connectivity index (χ0v) is 29.3. The normalized spacial score (nSPS) is 20.0. The van der Waals surface area contributed by atoms with Crippen LogP contribution in [0.2, 0.25) is 0 Å². The molecule has 4 nitrogen and oxygen atoms in total. The van der Waals surface area contributed by atoms with Crippen LogP contribution in [0.1, 0.15) is 150 Å². The van der Waals surface area contributed by atoms with Crippen LogP contribution in [0.25, 0.3) is 0 Å². The number of methoxy groups -OCH3 is 2. The Morgan fingerprint density at radius 3 is 1.33 bits per heavy atom. The van der Waals surface area contributed by atoms with Gasteiger partial charge in [0.25, 0.3) is 0 Å². The van der Waals surface area contributed by atoms with E-state index in [2.05, 4.69) is 60.3 Å². The molecule has 2 aliphatic heterocycles. The number of hydrogen-bond acceptors (Lipinski definition) is 5. The summed E-state index contributed by atoms with van der Waals surface area (Å²) in [5, 5.41) is 0.961. The fourth-order valence-corrected chi connectivity index (χ4v) is 8.63. The minimum Gasteiger partial charge on any atom is -0.497 e. The van der Waals surface area contributed by atoms with Crippen LogP contribution in [-0.2, 0) is 9.47 Å². The molecule has 2 aromatic rings. The second-order valence-electron chi connectivity index (χ2n) is 13.3. The molecule has 0 bridgehead atoms. The number of hydrogen-bond donors (Lipinski definition) is 0. The number of rotatable bonds is 22. The van der Waals surface area contributed by atoms with Gasteiger partial charge in [-0.15, -0.1) is 11.8 Å². The summed E-state index contributed by atoms with van der Waals surface area (Å²) in [6.07, 6.45) is 26.9. The number of thioether (sulfide) groups is 1. The van der Waals surface area contributed by atoms with Crippen LogP contribution in [0, 0.1) is 0 Å². The molecule has 2 aromatic carbocycles. The standard InChI is InChI=1S/C40H62O4S/c1-41-35-27-23-33(24-28-35)39(21-11-7-3-5-9-17-37-19-13-15-31-43-37)45-40(34-25-29-36(42-2)30-26-34)22-12-8-4-6-10-18-38-20-14-16-32-44-38/h23-30,37-40H,3-22,31-32H2,1-2H3. The first-order valence-corrected chi connectivity index (χ1v) is 19.4. The summed E-state index contributed by atoms with van der Waals surface area (Å²) in [6, 6.07) is 17.7. The van der Waals surface area contributed by atoms with E-state index in [0.29, 0.717) is 22.7 Å². The van der Waals surface area contributed by atoms with Crippen molar-refractivity contribution in [2.75, 3.05) is 27.4 Å². The first-order chi connectivity index (χ1) is 22.2. The van der Waals surface area contributed by atoms with E-state index in [4.69, 9.17) is 18.9 Å². The predicted molar refractivity (Wildman–Crippen MR) is 191 cm³/mol. The van der Waals surface area contributed by atoms with Crippen molar-refractivity contribution in [1.82, 2.24) is 0 Å². The molecule has 0 saturated carbocycles. The average molecular weight is 639 g/mol. The molecule has 0 aromatic heterocycles. The topological polar surface area (TPSA) is 36.9 Å². The molecule has 0 amide bonds. The summed E-state index contributed by atoms with van der Waals surface area (Å²) >= 11 is 2.18. The highest BCUT2D eigenvalue weighted by Gasteiger charge is 2.21. The number of benzene rings is 2. The van der Waals surface area contributed by atoms with Gasteiger partial charge in [-0.25, -0.2) is 0 Å². The Hall–Kier alpha value is -1.69. The maximum absolute atomic E-state index is 5.94. The summed E-state index contributed by atoms with van der Waals surface area (Å²) in [5.74, 6) is 1.87. The van der Waals surface area contributed by atoms with E-state index in [-0.39, 0.29) is 0 Å². The van der Waals surface area contributed by atoms with Crippen molar-refractivity contribution in [3.05, 3.63) is 59.7 Å². The molecule has 2 heterocycles. The van der Waals surface area contributed by atoms with Gasteiger partial charge in [0.05, 0.1) is 26.4 Å². The van der Waals surface area contributed by atoms with Crippen LogP contribution in [0.3, 0.4) is 0 Å². The largest absolute Gasteiger partial charge is 0.497 e. The van der Waals surface area contributed by atoms with Gasteiger partial charge >= 0.3 is 0 Å². The van der Waals surface area contributed by atoms with Crippen LogP contribution in [0.4, 0.5) is 0 Å². The SMILES string of the molecule is COc1ccc(C(CCCCCCCC2CCCCO2)SC(CCCCCCCC2CCCCO2)c2ccc(OC)cc2)cc1. The minimum atomic E-state index is 0.481. The fourth-order valence-electron chi connectivity index (χ4n) is 7.00. The number of unbranched alkanes of at least 4 members (excludes halogenated alkanes) is 8. The van der Waals surface area contributed by atoms with Crippen molar-refractivity contribution in [2.45, 2.75) is 151 Å². The predicted octanol–water partition coefficient (Wildman–Crippen LogP) is 11.8. The van der Waals surface area contributed by atoms with E-state index in [0.717, 1.165) is 24.7 Å². The minimum absolute atomic E-state index is 0.481. The smallest absolute Gasteiger partial charge is 0.118 e. The molecule has 2 aliphatic rings. The highest BCUT2D eigenvalue weighted by atomic mass is 32.2. The second kappa shape index (κ2) is 22.0. The molecule has 0 aliphatic carbocycles. The Balaban J connectivity index is 1.28. The third-order valence-electron chi connectivity index (χ3n) is 9.84.